The van der Waals surface area contributed by atoms with Crippen LogP contribution < -0.4 is 24.4 Å². The number of fused-ring (bicyclic) bond motifs is 1. The van der Waals surface area contributed by atoms with E-state index in [0.717, 1.165) is 0 Å². The minimum atomic E-state index is -1.03. The Morgan fingerprint density at radius 1 is 0.950 bits per heavy atom. The van der Waals surface area contributed by atoms with Crippen LogP contribution >= 0.6 is 0 Å². The molecule has 0 aliphatic carbocycles. The van der Waals surface area contributed by atoms with Crippen LogP contribution in [-0.2, 0) is 16.1 Å². The Morgan fingerprint density at radius 3 is 2.20 bits per heavy atom. The van der Waals surface area contributed by atoms with Gasteiger partial charge in [0.05, 0.1) is 32.0 Å². The lowest BCUT2D eigenvalue weighted by Gasteiger charge is -2.34. The molecule has 0 spiro atoms. The standard InChI is InChI=1S/C30H35N5O5/c1-7-40-22-14-12-20(13-15-22)28(29(37)31-30(2,3)4)35(21-16-23(38-5)18-24(17-21)39-6)27(36)19-34-26-11-9-8-10-25(26)32-33-34/h8-18,28H,7,19H2,1-6H3,(H,31,37)/t28-/m1/s1. The molecule has 0 unspecified atom stereocenters. The van der Waals surface area contributed by atoms with Gasteiger partial charge in [0, 0.05) is 23.7 Å². The number of carbonyl (C=O) groups excluding carboxylic acids is 2. The fraction of sp³-hybridized carbons (Fsp3) is 0.333. The number of anilines is 1. The maximum Gasteiger partial charge on any atom is 0.249 e. The number of rotatable bonds is 10. The Kier molecular flexibility index (Phi) is 8.57. The normalized spacial score (nSPS) is 12.1. The second kappa shape index (κ2) is 12.1. The van der Waals surface area contributed by atoms with Gasteiger partial charge in [-0.25, -0.2) is 4.68 Å². The van der Waals surface area contributed by atoms with Crippen LogP contribution in [0.25, 0.3) is 11.0 Å². The van der Waals surface area contributed by atoms with Crippen molar-refractivity contribution < 1.29 is 23.8 Å². The van der Waals surface area contributed by atoms with Gasteiger partial charge in [-0.3, -0.25) is 14.5 Å². The van der Waals surface area contributed by atoms with Crippen LogP contribution in [0.1, 0.15) is 39.3 Å². The highest BCUT2D eigenvalue weighted by atomic mass is 16.5. The molecule has 2 amide bonds. The zero-order valence-electron chi connectivity index (χ0n) is 23.7. The van der Waals surface area contributed by atoms with Gasteiger partial charge in [-0.1, -0.05) is 29.5 Å². The summed E-state index contributed by atoms with van der Waals surface area (Å²) in [7, 11) is 3.06. The van der Waals surface area contributed by atoms with E-state index in [4.69, 9.17) is 14.2 Å². The molecule has 0 saturated heterocycles. The summed E-state index contributed by atoms with van der Waals surface area (Å²) >= 11 is 0. The summed E-state index contributed by atoms with van der Waals surface area (Å²) in [5, 5.41) is 11.4. The first-order chi connectivity index (χ1) is 19.1. The quantitative estimate of drug-likeness (QED) is 0.312. The van der Waals surface area contributed by atoms with Crippen LogP contribution in [0, 0.1) is 0 Å². The van der Waals surface area contributed by atoms with Gasteiger partial charge in [0.25, 0.3) is 0 Å². The topological polar surface area (TPSA) is 108 Å². The molecule has 0 aliphatic heterocycles. The summed E-state index contributed by atoms with van der Waals surface area (Å²) in [4.78, 5) is 29.7. The van der Waals surface area contributed by atoms with Crippen molar-refractivity contribution in [2.45, 2.75) is 45.8 Å². The highest BCUT2D eigenvalue weighted by Crippen LogP contribution is 2.35. The predicted molar refractivity (Wildman–Crippen MR) is 153 cm³/mol. The van der Waals surface area contributed by atoms with Crippen LogP contribution in [0.4, 0.5) is 5.69 Å². The molecule has 1 N–H and O–H groups in total. The molecule has 4 rings (SSSR count). The zero-order valence-corrected chi connectivity index (χ0v) is 23.7. The molecule has 0 saturated carbocycles. The molecule has 10 heteroatoms. The Balaban J connectivity index is 1.87. The van der Waals surface area contributed by atoms with E-state index in [1.165, 1.54) is 23.8 Å². The number of para-hydroxylation sites is 1. The van der Waals surface area contributed by atoms with Crippen molar-refractivity contribution in [2.24, 2.45) is 0 Å². The molecule has 1 heterocycles. The van der Waals surface area contributed by atoms with Gasteiger partial charge >= 0.3 is 0 Å². The van der Waals surface area contributed by atoms with E-state index in [-0.39, 0.29) is 18.4 Å². The second-order valence-corrected chi connectivity index (χ2v) is 10.2. The van der Waals surface area contributed by atoms with Gasteiger partial charge in [0.15, 0.2) is 0 Å². The average molecular weight is 546 g/mol. The summed E-state index contributed by atoms with van der Waals surface area (Å²) < 4.78 is 18.1. The van der Waals surface area contributed by atoms with Crippen molar-refractivity contribution in [1.82, 2.24) is 20.3 Å². The largest absolute Gasteiger partial charge is 0.497 e. The van der Waals surface area contributed by atoms with Crippen molar-refractivity contribution in [3.63, 3.8) is 0 Å². The van der Waals surface area contributed by atoms with Crippen LogP contribution in [0.2, 0.25) is 0 Å². The van der Waals surface area contributed by atoms with Gasteiger partial charge in [-0.2, -0.15) is 0 Å². The van der Waals surface area contributed by atoms with Gasteiger partial charge in [0.2, 0.25) is 11.8 Å². The number of hydrogen-bond donors (Lipinski definition) is 1. The third kappa shape index (κ3) is 6.51. The van der Waals surface area contributed by atoms with Gasteiger partial charge < -0.3 is 19.5 Å². The third-order valence-electron chi connectivity index (χ3n) is 6.10. The van der Waals surface area contributed by atoms with Crippen molar-refractivity contribution in [3.05, 3.63) is 72.3 Å². The predicted octanol–water partition coefficient (Wildman–Crippen LogP) is 4.54. The molecule has 1 aromatic heterocycles. The number of methoxy groups -OCH3 is 2. The van der Waals surface area contributed by atoms with Gasteiger partial charge in [-0.05, 0) is 57.5 Å². The molecule has 0 bridgehead atoms. The molecular formula is C30H35N5O5. The van der Waals surface area contributed by atoms with Crippen molar-refractivity contribution in [3.8, 4) is 17.2 Å². The Hall–Kier alpha value is -4.60. The minimum Gasteiger partial charge on any atom is -0.497 e. The van der Waals surface area contributed by atoms with Crippen molar-refractivity contribution in [2.75, 3.05) is 25.7 Å². The van der Waals surface area contributed by atoms with Crippen molar-refractivity contribution >= 4 is 28.5 Å². The lowest BCUT2D eigenvalue weighted by Crippen LogP contribution is -2.50. The molecular weight excluding hydrogens is 510 g/mol. The summed E-state index contributed by atoms with van der Waals surface area (Å²) in [6, 6.07) is 18.6. The first-order valence-corrected chi connectivity index (χ1v) is 13.0. The number of aromatic nitrogens is 3. The Labute approximate surface area is 233 Å². The highest BCUT2D eigenvalue weighted by molar-refractivity contribution is 6.02. The number of nitrogens with zero attached hydrogens (tertiary/aromatic N) is 4. The zero-order chi connectivity index (χ0) is 28.9. The molecule has 3 aromatic carbocycles. The summed E-state index contributed by atoms with van der Waals surface area (Å²) in [5.74, 6) is 0.875. The Bertz CT molecular complexity index is 1450. The lowest BCUT2D eigenvalue weighted by molar-refractivity contribution is -0.128. The molecule has 4 aromatic rings. The van der Waals surface area contributed by atoms with E-state index in [1.807, 2.05) is 52.0 Å². The molecule has 10 nitrogen and oxygen atoms in total. The fourth-order valence-electron chi connectivity index (χ4n) is 4.38. The van der Waals surface area contributed by atoms with Crippen LogP contribution in [-0.4, -0.2) is 53.2 Å². The van der Waals surface area contributed by atoms with E-state index in [9.17, 15) is 9.59 Å². The monoisotopic (exact) mass is 545 g/mol. The molecule has 40 heavy (non-hydrogen) atoms. The first-order valence-electron chi connectivity index (χ1n) is 13.0. The van der Waals surface area contributed by atoms with Gasteiger partial charge in [-0.15, -0.1) is 5.10 Å². The minimum absolute atomic E-state index is 0.156. The number of ether oxygens (including phenoxy) is 3. The maximum absolute atomic E-state index is 14.3. The van der Waals surface area contributed by atoms with E-state index >= 15 is 0 Å². The first kappa shape index (κ1) is 28.4. The molecule has 0 radical (unpaired) electrons. The molecule has 210 valence electrons. The van der Waals surface area contributed by atoms with E-state index in [1.54, 1.807) is 42.5 Å². The fourth-order valence-corrected chi connectivity index (χ4v) is 4.38. The number of carbonyl (C=O) groups is 2. The SMILES string of the molecule is CCOc1ccc([C@H](C(=O)NC(C)(C)C)N(C(=O)Cn2nnc3ccccc32)c2cc(OC)cc(OC)c2)cc1. The maximum atomic E-state index is 14.3. The lowest BCUT2D eigenvalue weighted by atomic mass is 10.0. The average Bonchev–Trinajstić information content (AvgIpc) is 3.33. The van der Waals surface area contributed by atoms with E-state index < -0.39 is 11.6 Å². The highest BCUT2D eigenvalue weighted by Gasteiger charge is 2.35. The smallest absolute Gasteiger partial charge is 0.249 e. The summed E-state index contributed by atoms with van der Waals surface area (Å²) in [6.07, 6.45) is 0. The molecule has 1 atom stereocenters. The Morgan fingerprint density at radius 2 is 1.60 bits per heavy atom. The van der Waals surface area contributed by atoms with E-state index in [0.29, 0.717) is 46.1 Å². The third-order valence-corrected chi connectivity index (χ3v) is 6.10. The van der Waals surface area contributed by atoms with E-state index in [2.05, 4.69) is 15.6 Å². The van der Waals surface area contributed by atoms with Crippen LogP contribution in [0.15, 0.2) is 66.7 Å². The number of nitrogens with one attached hydrogen (secondary N) is 1. The van der Waals surface area contributed by atoms with Crippen LogP contribution in [0.3, 0.4) is 0 Å². The van der Waals surface area contributed by atoms with Gasteiger partial charge in [0.1, 0.15) is 35.4 Å². The number of amides is 2. The number of benzene rings is 3. The second-order valence-electron chi connectivity index (χ2n) is 10.2. The van der Waals surface area contributed by atoms with Crippen molar-refractivity contribution in [1.29, 1.82) is 0 Å². The molecule has 0 aliphatic rings. The van der Waals surface area contributed by atoms with Crippen LogP contribution in [0.5, 0.6) is 17.2 Å². The summed E-state index contributed by atoms with van der Waals surface area (Å²) in [6.45, 7) is 7.93. The summed E-state index contributed by atoms with van der Waals surface area (Å²) in [5.41, 5.74) is 1.84. The number of hydrogen-bond acceptors (Lipinski definition) is 7. The molecule has 0 fully saturated rings.